The highest BCUT2D eigenvalue weighted by Crippen LogP contribution is 2.50. The molecule has 7 nitrogen and oxygen atoms in total. The molecule has 0 radical (unpaired) electrons. The van der Waals surface area contributed by atoms with Gasteiger partial charge >= 0.3 is 0 Å². The van der Waals surface area contributed by atoms with Gasteiger partial charge in [-0.3, -0.25) is 9.59 Å². The number of para-hydroxylation sites is 1. The van der Waals surface area contributed by atoms with Crippen LogP contribution in [0.2, 0.25) is 0 Å². The largest absolute Gasteiger partial charge is 0.494 e. The van der Waals surface area contributed by atoms with E-state index in [0.717, 1.165) is 11.1 Å². The zero-order valence-corrected chi connectivity index (χ0v) is 19.4. The number of aliphatic hydroxyl groups is 1. The van der Waals surface area contributed by atoms with Crippen molar-refractivity contribution in [1.82, 2.24) is 0 Å². The molecular weight excluding hydrogens is 444 g/mol. The third-order valence-corrected chi connectivity index (χ3v) is 6.30. The minimum Gasteiger partial charge on any atom is -0.494 e. The SMILES string of the molecule is CC(=O)N1C(=O)[C@]2(Cc3ccccc3)N=C(c3ccc(OCCCO)cc3)O[C@@H]2c2ccccc21. The lowest BCUT2D eigenvalue weighted by molar-refractivity contribution is -0.131. The van der Waals surface area contributed by atoms with E-state index in [4.69, 9.17) is 19.6 Å². The van der Waals surface area contributed by atoms with Gasteiger partial charge in [-0.1, -0.05) is 48.5 Å². The van der Waals surface area contributed by atoms with Gasteiger partial charge in [0.1, 0.15) is 5.75 Å². The molecule has 2 aliphatic rings. The number of anilines is 1. The molecule has 0 fully saturated rings. The van der Waals surface area contributed by atoms with Crippen molar-refractivity contribution < 1.29 is 24.2 Å². The molecule has 1 N–H and O–H groups in total. The van der Waals surface area contributed by atoms with Crippen LogP contribution in [0.5, 0.6) is 5.75 Å². The second-order valence-corrected chi connectivity index (χ2v) is 8.67. The Morgan fingerprint density at radius 3 is 2.49 bits per heavy atom. The number of hydrogen-bond donors (Lipinski definition) is 1. The van der Waals surface area contributed by atoms with Crippen LogP contribution in [0.3, 0.4) is 0 Å². The Labute approximate surface area is 203 Å². The van der Waals surface area contributed by atoms with Crippen LogP contribution >= 0.6 is 0 Å². The number of hydrogen-bond acceptors (Lipinski definition) is 6. The predicted molar refractivity (Wildman–Crippen MR) is 131 cm³/mol. The summed E-state index contributed by atoms with van der Waals surface area (Å²) in [7, 11) is 0. The Morgan fingerprint density at radius 1 is 1.06 bits per heavy atom. The van der Waals surface area contributed by atoms with Crippen LogP contribution in [0.25, 0.3) is 0 Å². The molecule has 0 aromatic heterocycles. The Bertz CT molecular complexity index is 1270. The lowest BCUT2D eigenvalue weighted by Gasteiger charge is -2.40. The van der Waals surface area contributed by atoms with Gasteiger partial charge in [0.25, 0.3) is 5.91 Å². The Kier molecular flexibility index (Phi) is 6.09. The molecule has 2 amide bonds. The maximum atomic E-state index is 14.0. The van der Waals surface area contributed by atoms with Crippen LogP contribution in [0.1, 0.15) is 36.1 Å². The lowest BCUT2D eigenvalue weighted by Crippen LogP contribution is -2.56. The number of carbonyl (C=O) groups is 2. The molecule has 0 saturated carbocycles. The van der Waals surface area contributed by atoms with Crippen LogP contribution in [0.4, 0.5) is 5.69 Å². The summed E-state index contributed by atoms with van der Waals surface area (Å²) in [5.74, 6) is 0.265. The minimum absolute atomic E-state index is 0.0698. The molecule has 0 saturated heterocycles. The number of aliphatic imine (C=N–C) groups is 1. The summed E-state index contributed by atoms with van der Waals surface area (Å²) >= 11 is 0. The Hall–Kier alpha value is -3.97. The van der Waals surface area contributed by atoms with Gasteiger partial charge in [0.2, 0.25) is 11.8 Å². The van der Waals surface area contributed by atoms with Gasteiger partial charge in [-0.05, 0) is 35.9 Å². The summed E-state index contributed by atoms with van der Waals surface area (Å²) in [5.41, 5.74) is 1.60. The molecule has 7 heteroatoms. The average Bonchev–Trinajstić information content (AvgIpc) is 3.26. The standard InChI is InChI=1S/C28H26N2O5/c1-19(32)30-24-11-6-5-10-23(24)25-28(27(30)33,18-20-8-3-2-4-9-20)29-26(35-25)21-12-14-22(15-13-21)34-17-7-16-31/h2-6,8-15,25,31H,7,16-18H2,1H3/t25-,28-/m1/s1. The average molecular weight is 471 g/mol. The molecule has 2 atom stereocenters. The molecule has 3 aromatic rings. The van der Waals surface area contributed by atoms with Crippen molar-refractivity contribution in [2.45, 2.75) is 31.4 Å². The zero-order valence-electron chi connectivity index (χ0n) is 19.4. The number of fused-ring (bicyclic) bond motifs is 3. The highest BCUT2D eigenvalue weighted by molar-refractivity contribution is 6.21. The van der Waals surface area contributed by atoms with E-state index in [0.29, 0.717) is 42.3 Å². The van der Waals surface area contributed by atoms with Gasteiger partial charge in [0.05, 0.1) is 12.3 Å². The van der Waals surface area contributed by atoms with Crippen LogP contribution in [0, 0.1) is 0 Å². The smallest absolute Gasteiger partial charge is 0.266 e. The second-order valence-electron chi connectivity index (χ2n) is 8.67. The monoisotopic (exact) mass is 470 g/mol. The Balaban J connectivity index is 1.58. The number of benzene rings is 3. The first-order valence-corrected chi connectivity index (χ1v) is 11.6. The molecular formula is C28H26N2O5. The number of carbonyl (C=O) groups excluding carboxylic acids is 2. The minimum atomic E-state index is -1.31. The molecule has 2 heterocycles. The lowest BCUT2D eigenvalue weighted by atomic mass is 9.78. The third-order valence-electron chi connectivity index (χ3n) is 6.30. The van der Waals surface area contributed by atoms with Gasteiger partial charge in [0.15, 0.2) is 11.6 Å². The van der Waals surface area contributed by atoms with E-state index in [2.05, 4.69) is 0 Å². The highest BCUT2D eigenvalue weighted by atomic mass is 16.5. The summed E-state index contributed by atoms with van der Waals surface area (Å²) in [6, 6.07) is 24.3. The fraction of sp³-hybridized carbons (Fsp3) is 0.250. The molecule has 0 aliphatic carbocycles. The van der Waals surface area contributed by atoms with Gasteiger partial charge < -0.3 is 14.6 Å². The number of nitrogens with zero attached hydrogens (tertiary/aromatic N) is 2. The quantitative estimate of drug-likeness (QED) is 0.530. The van der Waals surface area contributed by atoms with E-state index in [9.17, 15) is 9.59 Å². The molecule has 0 unspecified atom stereocenters. The van der Waals surface area contributed by atoms with E-state index >= 15 is 0 Å². The topological polar surface area (TPSA) is 88.4 Å². The third kappa shape index (κ3) is 4.08. The Morgan fingerprint density at radius 2 is 1.77 bits per heavy atom. The van der Waals surface area contributed by atoms with Gasteiger partial charge in [0, 0.05) is 37.5 Å². The first-order valence-electron chi connectivity index (χ1n) is 11.6. The molecule has 3 aromatic carbocycles. The van der Waals surface area contributed by atoms with Gasteiger partial charge in [-0.2, -0.15) is 0 Å². The number of aliphatic hydroxyl groups excluding tert-OH is 1. The van der Waals surface area contributed by atoms with Crippen molar-refractivity contribution in [3.8, 4) is 5.75 Å². The summed E-state index contributed by atoms with van der Waals surface area (Å²) in [5, 5.41) is 8.94. The number of ether oxygens (including phenoxy) is 2. The fourth-order valence-electron chi connectivity index (χ4n) is 4.68. The van der Waals surface area contributed by atoms with E-state index < -0.39 is 17.6 Å². The summed E-state index contributed by atoms with van der Waals surface area (Å²) < 4.78 is 12.0. The zero-order chi connectivity index (χ0) is 24.4. The van der Waals surface area contributed by atoms with Crippen molar-refractivity contribution in [2.24, 2.45) is 4.99 Å². The van der Waals surface area contributed by atoms with Crippen molar-refractivity contribution >= 4 is 23.4 Å². The predicted octanol–water partition coefficient (Wildman–Crippen LogP) is 3.84. The summed E-state index contributed by atoms with van der Waals surface area (Å²) in [6.45, 7) is 1.88. The van der Waals surface area contributed by atoms with E-state index in [-0.39, 0.29) is 12.5 Å². The number of rotatable bonds is 7. The summed E-state index contributed by atoms with van der Waals surface area (Å²) in [6.07, 6.45) is 0.175. The molecule has 5 rings (SSSR count). The van der Waals surface area contributed by atoms with Gasteiger partial charge in [-0.15, -0.1) is 0 Å². The van der Waals surface area contributed by atoms with Crippen molar-refractivity contribution in [2.75, 3.05) is 18.1 Å². The van der Waals surface area contributed by atoms with Crippen LogP contribution in [-0.2, 0) is 20.7 Å². The number of imide groups is 1. The second kappa shape index (κ2) is 9.35. The van der Waals surface area contributed by atoms with Crippen LogP contribution in [0.15, 0.2) is 83.9 Å². The van der Waals surface area contributed by atoms with Crippen molar-refractivity contribution in [3.05, 3.63) is 95.6 Å². The highest BCUT2D eigenvalue weighted by Gasteiger charge is 2.59. The van der Waals surface area contributed by atoms with E-state index in [1.54, 1.807) is 12.1 Å². The van der Waals surface area contributed by atoms with Crippen molar-refractivity contribution in [3.63, 3.8) is 0 Å². The molecule has 0 bridgehead atoms. The van der Waals surface area contributed by atoms with E-state index in [1.165, 1.54) is 11.8 Å². The van der Waals surface area contributed by atoms with Crippen molar-refractivity contribution in [1.29, 1.82) is 0 Å². The molecule has 178 valence electrons. The molecule has 35 heavy (non-hydrogen) atoms. The molecule has 0 spiro atoms. The first kappa shape index (κ1) is 22.8. The van der Waals surface area contributed by atoms with Crippen LogP contribution in [-0.4, -0.2) is 41.6 Å². The normalized spacial score (nSPS) is 20.5. The van der Waals surface area contributed by atoms with E-state index in [1.807, 2.05) is 66.7 Å². The maximum Gasteiger partial charge on any atom is 0.266 e. The summed E-state index contributed by atoms with van der Waals surface area (Å²) in [4.78, 5) is 32.8. The maximum absolute atomic E-state index is 14.0. The fourth-order valence-corrected chi connectivity index (χ4v) is 4.68. The number of amides is 2. The first-order chi connectivity index (χ1) is 17.0. The van der Waals surface area contributed by atoms with Crippen LogP contribution < -0.4 is 9.64 Å². The van der Waals surface area contributed by atoms with Gasteiger partial charge in [-0.25, -0.2) is 9.89 Å². The molecule has 2 aliphatic heterocycles.